The van der Waals surface area contributed by atoms with Crippen LogP contribution in [0.3, 0.4) is 0 Å². The number of carbonyl (C=O) groups excluding carboxylic acids is 1. The van der Waals surface area contributed by atoms with Gasteiger partial charge in [-0.1, -0.05) is 37.3 Å². The summed E-state index contributed by atoms with van der Waals surface area (Å²) in [5.41, 5.74) is 1.09. The van der Waals surface area contributed by atoms with Gasteiger partial charge in [-0.15, -0.1) is 0 Å². The van der Waals surface area contributed by atoms with Crippen LogP contribution in [0.4, 0.5) is 0 Å². The fourth-order valence-corrected chi connectivity index (χ4v) is 1.68. The lowest BCUT2D eigenvalue weighted by Gasteiger charge is -2.15. The third-order valence-corrected chi connectivity index (χ3v) is 2.56. The summed E-state index contributed by atoms with van der Waals surface area (Å²) in [6, 6.07) is 9.90. The molecule has 0 N–H and O–H groups in total. The molecule has 0 aliphatic heterocycles. The molecule has 0 saturated carbocycles. The summed E-state index contributed by atoms with van der Waals surface area (Å²) in [6.45, 7) is 6.13. The van der Waals surface area contributed by atoms with Gasteiger partial charge < -0.3 is 4.74 Å². The Morgan fingerprint density at radius 2 is 1.88 bits per heavy atom. The maximum absolute atomic E-state index is 12.0. The lowest BCUT2D eigenvalue weighted by molar-refractivity contribution is -0.126. The van der Waals surface area contributed by atoms with E-state index in [0.717, 1.165) is 12.0 Å². The minimum absolute atomic E-state index is 0.0278. The van der Waals surface area contributed by atoms with Gasteiger partial charge in [0.15, 0.2) is 5.78 Å². The van der Waals surface area contributed by atoms with Crippen molar-refractivity contribution in [3.8, 4) is 0 Å². The molecular weight excluding hydrogens is 200 g/mol. The molecular formula is C14H20O2. The molecule has 1 rings (SSSR count). The van der Waals surface area contributed by atoms with Crippen LogP contribution in [0.1, 0.15) is 38.7 Å². The van der Waals surface area contributed by atoms with Crippen LogP contribution in [-0.4, -0.2) is 18.5 Å². The van der Waals surface area contributed by atoms with Crippen LogP contribution in [0.25, 0.3) is 0 Å². The molecule has 0 saturated heterocycles. The van der Waals surface area contributed by atoms with Crippen LogP contribution in [0.15, 0.2) is 30.3 Å². The van der Waals surface area contributed by atoms with E-state index in [2.05, 4.69) is 0 Å². The predicted molar refractivity (Wildman–Crippen MR) is 65.6 cm³/mol. The number of carbonyl (C=O) groups is 1. The molecule has 0 radical (unpaired) electrons. The average molecular weight is 220 g/mol. The number of Topliss-reactive ketones (excluding diaryl/α,β-unsaturated/α-hetero) is 1. The molecule has 0 aliphatic rings. The van der Waals surface area contributed by atoms with Crippen molar-refractivity contribution in [3.63, 3.8) is 0 Å². The van der Waals surface area contributed by atoms with Crippen LogP contribution in [0, 0.1) is 0 Å². The second kappa shape index (κ2) is 6.44. The number of benzene rings is 1. The van der Waals surface area contributed by atoms with E-state index >= 15 is 0 Å². The minimum Gasteiger partial charge on any atom is -0.371 e. The second-order valence-electron chi connectivity index (χ2n) is 4.20. The van der Waals surface area contributed by atoms with Gasteiger partial charge in [0.2, 0.25) is 0 Å². The Labute approximate surface area is 97.6 Å². The van der Waals surface area contributed by atoms with Crippen molar-refractivity contribution in [2.75, 3.05) is 6.61 Å². The van der Waals surface area contributed by atoms with Crippen molar-refractivity contribution in [1.29, 1.82) is 0 Å². The molecule has 2 heteroatoms. The van der Waals surface area contributed by atoms with Gasteiger partial charge in [0.1, 0.15) is 6.61 Å². The molecule has 0 aliphatic carbocycles. The first kappa shape index (κ1) is 12.9. The molecule has 88 valence electrons. The zero-order valence-electron chi connectivity index (χ0n) is 10.3. The van der Waals surface area contributed by atoms with Gasteiger partial charge in [-0.2, -0.15) is 0 Å². The van der Waals surface area contributed by atoms with Crippen LogP contribution < -0.4 is 0 Å². The molecule has 0 fully saturated rings. The normalized spacial score (nSPS) is 12.8. The first-order valence-corrected chi connectivity index (χ1v) is 5.84. The molecule has 1 atom stereocenters. The van der Waals surface area contributed by atoms with Gasteiger partial charge in [-0.3, -0.25) is 4.79 Å². The third-order valence-electron chi connectivity index (χ3n) is 2.56. The van der Waals surface area contributed by atoms with E-state index in [1.165, 1.54) is 0 Å². The van der Waals surface area contributed by atoms with Gasteiger partial charge in [0.05, 0.1) is 6.10 Å². The Hall–Kier alpha value is -1.15. The minimum atomic E-state index is -0.0278. The first-order valence-electron chi connectivity index (χ1n) is 5.84. The maximum Gasteiger partial charge on any atom is 0.165 e. The number of hydrogen-bond donors (Lipinski definition) is 0. The summed E-state index contributed by atoms with van der Waals surface area (Å²) in [5.74, 6) is 0.141. The Kier molecular flexibility index (Phi) is 5.20. The molecule has 1 aromatic rings. The highest BCUT2D eigenvalue weighted by atomic mass is 16.5. The highest BCUT2D eigenvalue weighted by molar-refractivity contribution is 5.86. The Balaban J connectivity index is 2.64. The van der Waals surface area contributed by atoms with Crippen molar-refractivity contribution in [1.82, 2.24) is 0 Å². The highest BCUT2D eigenvalue weighted by Crippen LogP contribution is 2.20. The van der Waals surface area contributed by atoms with E-state index < -0.39 is 0 Å². The van der Waals surface area contributed by atoms with Gasteiger partial charge in [0, 0.05) is 5.92 Å². The van der Waals surface area contributed by atoms with Crippen LogP contribution in [0.5, 0.6) is 0 Å². The van der Waals surface area contributed by atoms with Crippen molar-refractivity contribution >= 4 is 5.78 Å². The first-order chi connectivity index (χ1) is 7.65. The Morgan fingerprint density at radius 1 is 1.25 bits per heavy atom. The predicted octanol–water partition coefficient (Wildman–Crippen LogP) is 3.17. The Morgan fingerprint density at radius 3 is 2.38 bits per heavy atom. The van der Waals surface area contributed by atoms with Gasteiger partial charge in [-0.05, 0) is 25.8 Å². The van der Waals surface area contributed by atoms with E-state index in [1.807, 2.05) is 51.1 Å². The SMILES string of the molecule is CCC(C(=O)COC(C)C)c1ccccc1. The number of ketones is 1. The van der Waals surface area contributed by atoms with E-state index in [4.69, 9.17) is 4.74 Å². The van der Waals surface area contributed by atoms with E-state index in [-0.39, 0.29) is 24.4 Å². The van der Waals surface area contributed by atoms with Gasteiger partial charge in [0.25, 0.3) is 0 Å². The molecule has 0 bridgehead atoms. The molecule has 1 unspecified atom stereocenters. The molecule has 0 heterocycles. The van der Waals surface area contributed by atoms with Crippen molar-refractivity contribution in [2.24, 2.45) is 0 Å². The van der Waals surface area contributed by atoms with Crippen molar-refractivity contribution in [2.45, 2.75) is 39.2 Å². The third kappa shape index (κ3) is 3.78. The second-order valence-corrected chi connectivity index (χ2v) is 4.20. The maximum atomic E-state index is 12.0. The molecule has 0 spiro atoms. The average Bonchev–Trinajstić information content (AvgIpc) is 2.29. The highest BCUT2D eigenvalue weighted by Gasteiger charge is 2.18. The monoisotopic (exact) mass is 220 g/mol. The summed E-state index contributed by atoms with van der Waals surface area (Å²) in [5, 5.41) is 0. The van der Waals surface area contributed by atoms with E-state index in [9.17, 15) is 4.79 Å². The molecule has 16 heavy (non-hydrogen) atoms. The summed E-state index contributed by atoms with van der Waals surface area (Å²) in [6.07, 6.45) is 0.932. The number of rotatable bonds is 6. The summed E-state index contributed by atoms with van der Waals surface area (Å²) < 4.78 is 5.36. The molecule has 0 amide bonds. The van der Waals surface area contributed by atoms with Crippen molar-refractivity contribution in [3.05, 3.63) is 35.9 Å². The smallest absolute Gasteiger partial charge is 0.165 e. The number of hydrogen-bond acceptors (Lipinski definition) is 2. The van der Waals surface area contributed by atoms with Crippen LogP contribution >= 0.6 is 0 Å². The lowest BCUT2D eigenvalue weighted by atomic mass is 9.92. The molecule has 1 aromatic carbocycles. The van der Waals surface area contributed by atoms with Crippen LogP contribution in [-0.2, 0) is 9.53 Å². The fraction of sp³-hybridized carbons (Fsp3) is 0.500. The summed E-state index contributed by atoms with van der Waals surface area (Å²) in [7, 11) is 0. The summed E-state index contributed by atoms with van der Waals surface area (Å²) >= 11 is 0. The summed E-state index contributed by atoms with van der Waals surface area (Å²) in [4.78, 5) is 12.0. The van der Waals surface area contributed by atoms with E-state index in [0.29, 0.717) is 0 Å². The fourth-order valence-electron chi connectivity index (χ4n) is 1.68. The zero-order valence-corrected chi connectivity index (χ0v) is 10.3. The lowest BCUT2D eigenvalue weighted by Crippen LogP contribution is -2.20. The topological polar surface area (TPSA) is 26.3 Å². The van der Waals surface area contributed by atoms with Crippen molar-refractivity contribution < 1.29 is 9.53 Å². The van der Waals surface area contributed by atoms with Gasteiger partial charge >= 0.3 is 0 Å². The Bertz CT molecular complexity index is 317. The molecule has 2 nitrogen and oxygen atoms in total. The van der Waals surface area contributed by atoms with Crippen LogP contribution in [0.2, 0.25) is 0 Å². The quantitative estimate of drug-likeness (QED) is 0.736. The van der Waals surface area contributed by atoms with E-state index in [1.54, 1.807) is 0 Å². The molecule has 0 aromatic heterocycles. The van der Waals surface area contributed by atoms with Gasteiger partial charge in [-0.25, -0.2) is 0 Å². The zero-order chi connectivity index (χ0) is 12.0. The number of ether oxygens (including phenoxy) is 1. The standard InChI is InChI=1S/C14H20O2/c1-4-13(12-8-6-5-7-9-12)14(15)10-16-11(2)3/h5-9,11,13H,4,10H2,1-3H3. The largest absolute Gasteiger partial charge is 0.371 e.